The van der Waals surface area contributed by atoms with Crippen LogP contribution in [0.2, 0.25) is 19.6 Å². The molecular weight excluding hydrogens is 789 g/mol. The largest absolute Gasteiger partial charge is 0.464 e. The monoisotopic (exact) mass is 830 g/mol. The zero-order valence-corrected chi connectivity index (χ0v) is 36.1. The van der Waals surface area contributed by atoms with Gasteiger partial charge in [-0.15, -0.1) is 0 Å². The second-order valence-corrected chi connectivity index (χ2v) is 22.3. The molecule has 0 saturated carbocycles. The lowest BCUT2D eigenvalue weighted by molar-refractivity contribution is 0.240. The van der Waals surface area contributed by atoms with E-state index in [9.17, 15) is 0 Å². The molecule has 7 nitrogen and oxygen atoms in total. The summed E-state index contributed by atoms with van der Waals surface area (Å²) in [4.78, 5) is 18.4. The molecule has 302 valence electrons. The SMILES string of the molecule is C[Si](C)(C)c1ccccc1-c1nc(-c2ccccc2)nc(-n2c3ccc(N4c5ccccc5OC4c4ccccc4)cc3c3cc4c5ccccc5n(-c5ccccc5)c4cc32)n1. The van der Waals surface area contributed by atoms with E-state index in [2.05, 4.69) is 197 Å². The molecule has 0 spiro atoms. The molecule has 11 aromatic rings. The van der Waals surface area contributed by atoms with Crippen LogP contribution in [0.25, 0.3) is 78.0 Å². The molecule has 0 radical (unpaired) electrons. The van der Waals surface area contributed by atoms with E-state index in [-0.39, 0.29) is 6.23 Å². The average Bonchev–Trinajstić information content (AvgIpc) is 3.98. The lowest BCUT2D eigenvalue weighted by Gasteiger charge is -2.26. The van der Waals surface area contributed by atoms with Crippen molar-refractivity contribution in [3.05, 3.63) is 200 Å². The minimum atomic E-state index is -1.81. The van der Waals surface area contributed by atoms with Gasteiger partial charge in [0.2, 0.25) is 12.2 Å². The van der Waals surface area contributed by atoms with E-state index in [1.807, 2.05) is 30.3 Å². The van der Waals surface area contributed by atoms with Crippen molar-refractivity contribution in [1.29, 1.82) is 0 Å². The summed E-state index contributed by atoms with van der Waals surface area (Å²) in [6, 6.07) is 68.5. The highest BCUT2D eigenvalue weighted by Crippen LogP contribution is 2.49. The Morgan fingerprint density at radius 3 is 1.89 bits per heavy atom. The Labute approximate surface area is 366 Å². The molecule has 0 N–H and O–H groups in total. The first-order valence-electron chi connectivity index (χ1n) is 21.5. The van der Waals surface area contributed by atoms with Crippen LogP contribution in [0.3, 0.4) is 0 Å². The lowest BCUT2D eigenvalue weighted by atomic mass is 10.1. The van der Waals surface area contributed by atoms with Gasteiger partial charge in [0.25, 0.3) is 0 Å². The summed E-state index contributed by atoms with van der Waals surface area (Å²) in [5.41, 5.74) is 10.5. The van der Waals surface area contributed by atoms with Crippen molar-refractivity contribution in [2.75, 3.05) is 4.90 Å². The predicted octanol–water partition coefficient (Wildman–Crippen LogP) is 13.2. The number of rotatable bonds is 7. The highest BCUT2D eigenvalue weighted by Gasteiger charge is 2.34. The van der Waals surface area contributed by atoms with Crippen LogP contribution in [-0.4, -0.2) is 32.2 Å². The first-order valence-corrected chi connectivity index (χ1v) is 25.0. The van der Waals surface area contributed by atoms with E-state index < -0.39 is 8.07 Å². The van der Waals surface area contributed by atoms with Crippen molar-refractivity contribution in [2.24, 2.45) is 0 Å². The van der Waals surface area contributed by atoms with Crippen LogP contribution in [0.1, 0.15) is 11.8 Å². The normalized spacial score (nSPS) is 13.9. The van der Waals surface area contributed by atoms with E-state index in [1.54, 1.807) is 0 Å². The molecule has 63 heavy (non-hydrogen) atoms. The molecule has 1 unspecified atom stereocenters. The fourth-order valence-electron chi connectivity index (χ4n) is 9.49. The smallest absolute Gasteiger partial charge is 0.238 e. The summed E-state index contributed by atoms with van der Waals surface area (Å²) < 4.78 is 11.3. The van der Waals surface area contributed by atoms with Crippen LogP contribution in [0, 0.1) is 0 Å². The van der Waals surface area contributed by atoms with E-state index in [1.165, 1.54) is 16.0 Å². The summed E-state index contributed by atoms with van der Waals surface area (Å²) in [7, 11) is -1.81. The second-order valence-electron chi connectivity index (χ2n) is 17.3. The molecule has 8 aromatic carbocycles. The molecule has 0 aliphatic carbocycles. The van der Waals surface area contributed by atoms with E-state index >= 15 is 0 Å². The maximum atomic E-state index is 6.72. The Hall–Kier alpha value is -7.81. The van der Waals surface area contributed by atoms with Crippen LogP contribution in [0.4, 0.5) is 11.4 Å². The number of ether oxygens (including phenoxy) is 1. The van der Waals surface area contributed by atoms with Crippen molar-refractivity contribution in [3.63, 3.8) is 0 Å². The van der Waals surface area contributed by atoms with Gasteiger partial charge >= 0.3 is 0 Å². The molecule has 4 heterocycles. The van der Waals surface area contributed by atoms with Gasteiger partial charge in [-0.2, -0.15) is 9.97 Å². The van der Waals surface area contributed by atoms with Crippen molar-refractivity contribution in [3.8, 4) is 40.2 Å². The van der Waals surface area contributed by atoms with Crippen LogP contribution >= 0.6 is 0 Å². The number of para-hydroxylation sites is 4. The average molecular weight is 831 g/mol. The molecule has 0 fully saturated rings. The van der Waals surface area contributed by atoms with Crippen LogP contribution in [0.5, 0.6) is 5.75 Å². The van der Waals surface area contributed by atoms with Crippen molar-refractivity contribution < 1.29 is 4.74 Å². The molecule has 0 amide bonds. The van der Waals surface area contributed by atoms with Crippen LogP contribution in [-0.2, 0) is 0 Å². The molecule has 0 saturated heterocycles. The number of hydrogen-bond donors (Lipinski definition) is 0. The van der Waals surface area contributed by atoms with E-state index in [0.717, 1.165) is 72.3 Å². The minimum Gasteiger partial charge on any atom is -0.464 e. The standard InChI is InChI=1S/C55H42N6OSi/c1-63(2,3)51-30-18-14-26-41(51)53-56-52(36-19-7-4-8-20-36)57-55(58-53)61-46-32-31-39(60-47-28-16-17-29-50(47)62-54(60)37-21-9-5-10-22-37)33-42(46)44-34-43-40-25-13-15-27-45(40)59(48(43)35-49(44)61)38-23-11-6-12-24-38/h4-35,54H,1-3H3. The summed E-state index contributed by atoms with van der Waals surface area (Å²) >= 11 is 0. The van der Waals surface area contributed by atoms with Gasteiger partial charge in [0.15, 0.2) is 11.6 Å². The molecule has 1 atom stereocenters. The molecule has 8 heteroatoms. The Morgan fingerprint density at radius 2 is 1.08 bits per heavy atom. The summed E-state index contributed by atoms with van der Waals surface area (Å²) in [5.74, 6) is 2.72. The number of hydrogen-bond acceptors (Lipinski definition) is 5. The zero-order chi connectivity index (χ0) is 42.2. The van der Waals surface area contributed by atoms with E-state index in [0.29, 0.717) is 17.6 Å². The molecule has 12 rings (SSSR count). The quantitative estimate of drug-likeness (QED) is 0.150. The van der Waals surface area contributed by atoms with Gasteiger partial charge in [0.05, 0.1) is 35.8 Å². The molecule has 3 aromatic heterocycles. The Kier molecular flexibility index (Phi) is 8.45. The van der Waals surface area contributed by atoms with Gasteiger partial charge in [-0.1, -0.05) is 153 Å². The van der Waals surface area contributed by atoms with Crippen molar-refractivity contribution in [2.45, 2.75) is 25.9 Å². The Morgan fingerprint density at radius 1 is 0.460 bits per heavy atom. The first-order chi connectivity index (χ1) is 30.9. The third kappa shape index (κ3) is 6.05. The number of fused-ring (bicyclic) bond motifs is 7. The number of anilines is 2. The third-order valence-electron chi connectivity index (χ3n) is 12.3. The number of benzene rings is 8. The van der Waals surface area contributed by atoms with E-state index in [4.69, 9.17) is 19.7 Å². The van der Waals surface area contributed by atoms with Crippen molar-refractivity contribution in [1.82, 2.24) is 24.1 Å². The highest BCUT2D eigenvalue weighted by atomic mass is 28.3. The molecule has 1 aliphatic rings. The maximum Gasteiger partial charge on any atom is 0.238 e. The highest BCUT2D eigenvalue weighted by molar-refractivity contribution is 6.89. The van der Waals surface area contributed by atoms with Crippen LogP contribution < -0.4 is 14.8 Å². The van der Waals surface area contributed by atoms with Gasteiger partial charge in [0, 0.05) is 49.6 Å². The zero-order valence-electron chi connectivity index (χ0n) is 35.1. The van der Waals surface area contributed by atoms with Gasteiger partial charge in [-0.25, -0.2) is 4.98 Å². The molecular formula is C55H42N6OSi. The maximum absolute atomic E-state index is 6.72. The van der Waals surface area contributed by atoms with Gasteiger partial charge in [-0.3, -0.25) is 9.47 Å². The fraction of sp³-hybridized carbons (Fsp3) is 0.0727. The first kappa shape index (κ1) is 37.0. The lowest BCUT2D eigenvalue weighted by Crippen LogP contribution is -2.39. The topological polar surface area (TPSA) is 61.0 Å². The predicted molar refractivity (Wildman–Crippen MR) is 261 cm³/mol. The molecule has 1 aliphatic heterocycles. The Bertz CT molecular complexity index is 3540. The van der Waals surface area contributed by atoms with Gasteiger partial charge in [-0.05, 0) is 65.9 Å². The van der Waals surface area contributed by atoms with Gasteiger partial charge < -0.3 is 9.30 Å². The van der Waals surface area contributed by atoms with Gasteiger partial charge in [0.1, 0.15) is 5.75 Å². The fourth-order valence-corrected chi connectivity index (χ4v) is 11.1. The summed E-state index contributed by atoms with van der Waals surface area (Å²) in [5, 5.41) is 5.86. The molecule has 0 bridgehead atoms. The summed E-state index contributed by atoms with van der Waals surface area (Å²) in [6.45, 7) is 7.12. The summed E-state index contributed by atoms with van der Waals surface area (Å²) in [6.07, 6.45) is -0.337. The second kappa shape index (κ2) is 14.4. The minimum absolute atomic E-state index is 0.337. The van der Waals surface area contributed by atoms with Crippen molar-refractivity contribution >= 4 is 68.2 Å². The number of aromatic nitrogens is 5. The third-order valence-corrected chi connectivity index (χ3v) is 14.4. The number of nitrogens with zero attached hydrogens (tertiary/aromatic N) is 6. The Balaban J connectivity index is 1.18. The van der Waals surface area contributed by atoms with Crippen LogP contribution in [0.15, 0.2) is 194 Å².